The van der Waals surface area contributed by atoms with Crippen LogP contribution in [0.25, 0.3) is 0 Å². The Kier molecular flexibility index (Phi) is 5.70. The van der Waals surface area contributed by atoms with Gasteiger partial charge in [0.25, 0.3) is 5.91 Å². The van der Waals surface area contributed by atoms with Gasteiger partial charge in [-0.1, -0.05) is 15.9 Å². The van der Waals surface area contributed by atoms with Crippen molar-refractivity contribution in [1.29, 1.82) is 0 Å². The normalized spacial score (nSPS) is 10.0. The molecule has 1 amide bonds. The molecule has 0 aliphatic carbocycles. The highest BCUT2D eigenvalue weighted by atomic mass is 79.9. The van der Waals surface area contributed by atoms with Gasteiger partial charge in [-0.15, -0.1) is 0 Å². The number of nitrogens with one attached hydrogen (secondary N) is 1. The van der Waals surface area contributed by atoms with Crippen LogP contribution in [0.5, 0.6) is 11.5 Å². The van der Waals surface area contributed by atoms with Crippen molar-refractivity contribution < 1.29 is 23.5 Å². The highest BCUT2D eigenvalue weighted by Crippen LogP contribution is 2.26. The Morgan fingerprint density at radius 3 is 2.48 bits per heavy atom. The zero-order chi connectivity index (χ0) is 16.8. The molecular formula is C16H13BrFNO4. The lowest BCUT2D eigenvalue weighted by Crippen LogP contribution is -2.30. The number of amides is 1. The fraction of sp³-hybridized carbons (Fsp3) is 0.125. The predicted molar refractivity (Wildman–Crippen MR) is 85.0 cm³/mol. The molecule has 7 heteroatoms. The second kappa shape index (κ2) is 7.73. The Morgan fingerprint density at radius 2 is 1.87 bits per heavy atom. The van der Waals surface area contributed by atoms with Crippen molar-refractivity contribution in [1.82, 2.24) is 5.32 Å². The maximum Gasteiger partial charge on any atom is 0.325 e. The fourth-order valence-corrected chi connectivity index (χ4v) is 1.95. The van der Waals surface area contributed by atoms with Crippen LogP contribution in [0.1, 0.15) is 10.4 Å². The van der Waals surface area contributed by atoms with Crippen molar-refractivity contribution in [2.75, 3.05) is 13.7 Å². The first kappa shape index (κ1) is 17.0. The maximum absolute atomic E-state index is 14.0. The zero-order valence-corrected chi connectivity index (χ0v) is 13.7. The third-order valence-corrected chi connectivity index (χ3v) is 3.39. The molecule has 120 valence electrons. The van der Waals surface area contributed by atoms with Gasteiger partial charge in [0, 0.05) is 10.0 Å². The van der Waals surface area contributed by atoms with E-state index in [1.165, 1.54) is 19.2 Å². The Bertz CT molecular complexity index is 719. The lowest BCUT2D eigenvalue weighted by molar-refractivity contribution is -0.139. The summed E-state index contributed by atoms with van der Waals surface area (Å²) < 4.78 is 24.7. The second-order valence-electron chi connectivity index (χ2n) is 4.46. The fourth-order valence-electron chi connectivity index (χ4n) is 1.68. The third-order valence-electron chi connectivity index (χ3n) is 2.86. The van der Waals surface area contributed by atoms with Gasteiger partial charge in [-0.25, -0.2) is 4.39 Å². The average molecular weight is 382 g/mol. The molecule has 0 bridgehead atoms. The minimum absolute atomic E-state index is 0.00293. The van der Waals surface area contributed by atoms with Crippen molar-refractivity contribution in [2.45, 2.75) is 0 Å². The van der Waals surface area contributed by atoms with Gasteiger partial charge in [-0.2, -0.15) is 0 Å². The lowest BCUT2D eigenvalue weighted by atomic mass is 10.2. The summed E-state index contributed by atoms with van der Waals surface area (Å²) in [4.78, 5) is 22.8. The summed E-state index contributed by atoms with van der Waals surface area (Å²) in [5.74, 6) is -1.39. The number of methoxy groups -OCH3 is 1. The molecule has 2 aromatic carbocycles. The number of esters is 1. The predicted octanol–water partition coefficient (Wildman–Crippen LogP) is 3.28. The standard InChI is InChI=1S/C16H13BrFNO4/c1-22-15(20)9-19-16(21)10-2-7-14(13(18)8-10)23-12-5-3-11(17)4-6-12/h2-8H,9H2,1H3,(H,19,21). The van der Waals surface area contributed by atoms with Crippen molar-refractivity contribution in [3.05, 3.63) is 58.3 Å². The number of hydrogen-bond acceptors (Lipinski definition) is 4. The number of carbonyl (C=O) groups excluding carboxylic acids is 2. The van der Waals surface area contributed by atoms with Crippen LogP contribution < -0.4 is 10.1 Å². The van der Waals surface area contributed by atoms with Gasteiger partial charge in [0.1, 0.15) is 12.3 Å². The Labute approximate surface area is 140 Å². The Balaban J connectivity index is 2.06. The van der Waals surface area contributed by atoms with Gasteiger partial charge >= 0.3 is 5.97 Å². The van der Waals surface area contributed by atoms with Crippen LogP contribution in [0.3, 0.4) is 0 Å². The minimum atomic E-state index is -0.682. The highest BCUT2D eigenvalue weighted by molar-refractivity contribution is 9.10. The molecule has 2 rings (SSSR count). The first-order valence-corrected chi connectivity index (χ1v) is 7.37. The van der Waals surface area contributed by atoms with Crippen LogP contribution in [-0.4, -0.2) is 25.5 Å². The third kappa shape index (κ3) is 4.79. The zero-order valence-electron chi connectivity index (χ0n) is 12.1. The molecule has 0 aliphatic heterocycles. The number of halogens is 2. The highest BCUT2D eigenvalue weighted by Gasteiger charge is 2.12. The Morgan fingerprint density at radius 1 is 1.17 bits per heavy atom. The van der Waals surface area contributed by atoms with Crippen molar-refractivity contribution in [3.63, 3.8) is 0 Å². The first-order chi connectivity index (χ1) is 11.0. The number of ether oxygens (including phenoxy) is 2. The largest absolute Gasteiger partial charge is 0.468 e. The minimum Gasteiger partial charge on any atom is -0.468 e. The molecule has 0 heterocycles. The van der Waals surface area contributed by atoms with Crippen molar-refractivity contribution in [3.8, 4) is 11.5 Å². The number of carbonyl (C=O) groups is 2. The van der Waals surface area contributed by atoms with E-state index in [1.54, 1.807) is 24.3 Å². The van der Waals surface area contributed by atoms with Crippen LogP contribution in [0.2, 0.25) is 0 Å². The molecule has 1 N–H and O–H groups in total. The van der Waals surface area contributed by atoms with Crippen molar-refractivity contribution in [2.24, 2.45) is 0 Å². The van der Waals surface area contributed by atoms with E-state index in [1.807, 2.05) is 0 Å². The second-order valence-corrected chi connectivity index (χ2v) is 5.38. The van der Waals surface area contributed by atoms with Crippen LogP contribution in [0.4, 0.5) is 4.39 Å². The van der Waals surface area contributed by atoms with Crippen LogP contribution in [0, 0.1) is 5.82 Å². The first-order valence-electron chi connectivity index (χ1n) is 6.57. The molecule has 0 radical (unpaired) electrons. The van der Waals surface area contributed by atoms with E-state index in [4.69, 9.17) is 4.74 Å². The molecule has 0 spiro atoms. The van der Waals surface area contributed by atoms with Gasteiger partial charge in [0.05, 0.1) is 7.11 Å². The number of hydrogen-bond donors (Lipinski definition) is 1. The van der Waals surface area contributed by atoms with E-state index >= 15 is 0 Å². The van der Waals surface area contributed by atoms with E-state index < -0.39 is 17.7 Å². The smallest absolute Gasteiger partial charge is 0.325 e. The van der Waals surface area contributed by atoms with Crippen LogP contribution in [-0.2, 0) is 9.53 Å². The van der Waals surface area contributed by atoms with Gasteiger partial charge in [-0.05, 0) is 42.5 Å². The SMILES string of the molecule is COC(=O)CNC(=O)c1ccc(Oc2ccc(Br)cc2)c(F)c1. The van der Waals surface area contributed by atoms with Gasteiger partial charge in [0.15, 0.2) is 11.6 Å². The lowest BCUT2D eigenvalue weighted by Gasteiger charge is -2.09. The van der Waals surface area contributed by atoms with Gasteiger partial charge in [0.2, 0.25) is 0 Å². The summed E-state index contributed by atoms with van der Waals surface area (Å²) in [5, 5.41) is 2.33. The molecule has 0 aromatic heterocycles. The van der Waals surface area contributed by atoms with Crippen molar-refractivity contribution >= 4 is 27.8 Å². The molecule has 0 atom stereocenters. The van der Waals surface area contributed by atoms with Gasteiger partial charge < -0.3 is 14.8 Å². The monoisotopic (exact) mass is 381 g/mol. The van der Waals surface area contributed by atoms with Crippen LogP contribution >= 0.6 is 15.9 Å². The van der Waals surface area contributed by atoms with Gasteiger partial charge in [-0.3, -0.25) is 9.59 Å². The summed E-state index contributed by atoms with van der Waals surface area (Å²) in [5.41, 5.74) is 0.0783. The molecule has 2 aromatic rings. The Hall–Kier alpha value is -2.41. The molecule has 0 saturated heterocycles. The molecular weight excluding hydrogens is 369 g/mol. The summed E-state index contributed by atoms with van der Waals surface area (Å²) in [6.07, 6.45) is 0. The molecule has 0 saturated carbocycles. The average Bonchev–Trinajstić information content (AvgIpc) is 2.56. The van der Waals surface area contributed by atoms with E-state index in [0.717, 1.165) is 10.5 Å². The number of rotatable bonds is 5. The van der Waals surface area contributed by atoms with Crippen LogP contribution in [0.15, 0.2) is 46.9 Å². The molecule has 5 nitrogen and oxygen atoms in total. The topological polar surface area (TPSA) is 64.6 Å². The quantitative estimate of drug-likeness (QED) is 0.807. The summed E-state index contributed by atoms with van der Waals surface area (Å²) in [6, 6.07) is 10.7. The van der Waals surface area contributed by atoms with E-state index in [0.29, 0.717) is 5.75 Å². The summed E-state index contributed by atoms with van der Waals surface area (Å²) in [7, 11) is 1.21. The summed E-state index contributed by atoms with van der Waals surface area (Å²) >= 11 is 3.29. The molecule has 0 fully saturated rings. The number of benzene rings is 2. The summed E-state index contributed by atoms with van der Waals surface area (Å²) in [6.45, 7) is -0.284. The maximum atomic E-state index is 14.0. The van der Waals surface area contributed by atoms with E-state index in [-0.39, 0.29) is 17.9 Å². The molecule has 23 heavy (non-hydrogen) atoms. The molecule has 0 aliphatic rings. The van der Waals surface area contributed by atoms with E-state index in [2.05, 4.69) is 26.0 Å². The van der Waals surface area contributed by atoms with E-state index in [9.17, 15) is 14.0 Å². The molecule has 0 unspecified atom stereocenters.